The van der Waals surface area contributed by atoms with Crippen LogP contribution in [-0.2, 0) is 9.59 Å². The maximum absolute atomic E-state index is 13.1. The van der Waals surface area contributed by atoms with Gasteiger partial charge in [0.25, 0.3) is 11.8 Å². The molecule has 0 bridgehead atoms. The zero-order valence-corrected chi connectivity index (χ0v) is 14.7. The minimum absolute atomic E-state index is 0.0996. The molecule has 0 saturated heterocycles. The molecule has 2 aromatic carbocycles. The van der Waals surface area contributed by atoms with E-state index in [1.165, 1.54) is 18.2 Å². The van der Waals surface area contributed by atoms with Crippen molar-refractivity contribution in [3.05, 3.63) is 58.8 Å². The Bertz CT molecular complexity index is 678. The molecule has 2 aromatic rings. The number of hydrogen-bond donors (Lipinski definition) is 3. The first-order chi connectivity index (χ1) is 11.4. The number of hydrogen-bond acceptors (Lipinski definition) is 2. The normalized spacial score (nSPS) is 11.6. The zero-order chi connectivity index (χ0) is 17.5. The van der Waals surface area contributed by atoms with Gasteiger partial charge in [0.1, 0.15) is 5.82 Å². The van der Waals surface area contributed by atoms with Crippen LogP contribution in [0.5, 0.6) is 0 Å². The molecule has 24 heavy (non-hydrogen) atoms. The number of rotatable bonds is 6. The van der Waals surface area contributed by atoms with Gasteiger partial charge in [-0.3, -0.25) is 9.59 Å². The summed E-state index contributed by atoms with van der Waals surface area (Å²) in [6, 6.07) is 12.9. The molecule has 0 aliphatic carbocycles. The Morgan fingerprint density at radius 2 is 1.54 bits per heavy atom. The van der Waals surface area contributed by atoms with Crippen molar-refractivity contribution in [2.24, 2.45) is 0 Å². The lowest BCUT2D eigenvalue weighted by Gasteiger charge is -2.14. The predicted molar refractivity (Wildman–Crippen MR) is 94.4 cm³/mol. The molecule has 0 radical (unpaired) electrons. The summed E-state index contributed by atoms with van der Waals surface area (Å²) >= 11 is 3.34. The quantitative estimate of drug-likeness (QED) is 0.697. The van der Waals surface area contributed by atoms with Crippen LogP contribution >= 0.6 is 15.9 Å². The monoisotopic (exact) mass is 394 g/mol. The highest BCUT2D eigenvalue weighted by molar-refractivity contribution is 9.10. The van der Waals surface area contributed by atoms with Crippen molar-refractivity contribution in [1.29, 1.82) is 0 Å². The highest BCUT2D eigenvalue weighted by Crippen LogP contribution is 2.15. The highest BCUT2D eigenvalue weighted by atomic mass is 79.9. The molecule has 2 amide bonds. The first-order valence-electron chi connectivity index (χ1n) is 7.34. The molecule has 1 unspecified atom stereocenters. The van der Waals surface area contributed by atoms with E-state index in [1.807, 2.05) is 12.1 Å². The number of amides is 2. The van der Waals surface area contributed by atoms with E-state index < -0.39 is 5.82 Å². The van der Waals surface area contributed by atoms with Gasteiger partial charge in [0.15, 0.2) is 13.1 Å². The second-order valence-electron chi connectivity index (χ2n) is 5.43. The van der Waals surface area contributed by atoms with Crippen LogP contribution in [0.25, 0.3) is 0 Å². The zero-order valence-electron chi connectivity index (χ0n) is 13.1. The molecule has 3 N–H and O–H groups in total. The lowest BCUT2D eigenvalue weighted by atomic mass is 10.3. The summed E-state index contributed by atoms with van der Waals surface area (Å²) in [5.74, 6) is -0.889. The van der Waals surface area contributed by atoms with Crippen LogP contribution < -0.4 is 15.5 Å². The lowest BCUT2D eigenvalue weighted by Crippen LogP contribution is -3.11. The number of anilines is 2. The Balaban J connectivity index is 1.80. The van der Waals surface area contributed by atoms with Crippen molar-refractivity contribution < 1.29 is 18.9 Å². The number of halogens is 2. The van der Waals surface area contributed by atoms with E-state index in [1.54, 1.807) is 25.2 Å². The first-order valence-corrected chi connectivity index (χ1v) is 8.14. The first kappa shape index (κ1) is 18.1. The Hall–Kier alpha value is -2.25. The molecule has 0 heterocycles. The van der Waals surface area contributed by atoms with Crippen molar-refractivity contribution in [3.63, 3.8) is 0 Å². The fourth-order valence-corrected chi connectivity index (χ4v) is 2.55. The van der Waals surface area contributed by atoms with Crippen molar-refractivity contribution >= 4 is 39.1 Å². The Morgan fingerprint density at radius 1 is 1.00 bits per heavy atom. The summed E-state index contributed by atoms with van der Waals surface area (Å²) in [5, 5.41) is 5.38. The van der Waals surface area contributed by atoms with Gasteiger partial charge in [-0.2, -0.15) is 0 Å². The van der Waals surface area contributed by atoms with Gasteiger partial charge >= 0.3 is 0 Å². The highest BCUT2D eigenvalue weighted by Gasteiger charge is 2.14. The topological polar surface area (TPSA) is 62.6 Å². The maximum Gasteiger partial charge on any atom is 0.279 e. The molecule has 0 fully saturated rings. The van der Waals surface area contributed by atoms with E-state index in [9.17, 15) is 14.0 Å². The Kier molecular flexibility index (Phi) is 6.45. The third kappa shape index (κ3) is 6.10. The van der Waals surface area contributed by atoms with Gasteiger partial charge in [0.05, 0.1) is 7.05 Å². The van der Waals surface area contributed by atoms with Crippen LogP contribution in [-0.4, -0.2) is 32.0 Å². The molecule has 0 saturated carbocycles. The average Bonchev–Trinajstić information content (AvgIpc) is 2.46. The van der Waals surface area contributed by atoms with Gasteiger partial charge < -0.3 is 15.5 Å². The molecule has 0 aliphatic heterocycles. The third-order valence-corrected chi connectivity index (χ3v) is 3.63. The van der Waals surface area contributed by atoms with Crippen LogP contribution in [0.1, 0.15) is 0 Å². The Morgan fingerprint density at radius 3 is 2.08 bits per heavy atom. The van der Waals surface area contributed by atoms with Crippen molar-refractivity contribution in [2.75, 3.05) is 30.8 Å². The molecular weight excluding hydrogens is 377 g/mol. The van der Waals surface area contributed by atoms with Crippen molar-refractivity contribution in [2.45, 2.75) is 0 Å². The van der Waals surface area contributed by atoms with E-state index in [-0.39, 0.29) is 24.9 Å². The average molecular weight is 395 g/mol. The van der Waals surface area contributed by atoms with E-state index in [0.29, 0.717) is 11.4 Å². The second kappa shape index (κ2) is 8.56. The summed E-state index contributed by atoms with van der Waals surface area (Å²) in [4.78, 5) is 24.6. The molecular formula is C17H18BrFN3O2+. The van der Waals surface area contributed by atoms with Crippen molar-refractivity contribution in [3.8, 4) is 0 Å². The standard InChI is InChI=1S/C17H17BrFN3O2/c1-22(10-16(23)20-14-6-2-4-12(18)8-14)11-17(24)21-15-7-3-5-13(19)9-15/h2-9H,10-11H2,1H3,(H,20,23)(H,21,24)/p+1. The molecule has 1 atom stereocenters. The third-order valence-electron chi connectivity index (χ3n) is 3.14. The molecule has 5 nitrogen and oxygen atoms in total. The smallest absolute Gasteiger partial charge is 0.279 e. The number of likely N-dealkylation sites (N-methyl/N-ethyl adjacent to an activating group) is 1. The van der Waals surface area contributed by atoms with Crippen LogP contribution in [0.4, 0.5) is 15.8 Å². The maximum atomic E-state index is 13.1. The van der Waals surface area contributed by atoms with Crippen LogP contribution in [0.2, 0.25) is 0 Å². The van der Waals surface area contributed by atoms with Crippen molar-refractivity contribution in [1.82, 2.24) is 0 Å². The van der Waals surface area contributed by atoms with Crippen LogP contribution in [0, 0.1) is 5.82 Å². The van der Waals surface area contributed by atoms with Crippen LogP contribution in [0.15, 0.2) is 53.0 Å². The summed E-state index contributed by atoms with van der Waals surface area (Å²) in [7, 11) is 1.74. The summed E-state index contributed by atoms with van der Waals surface area (Å²) < 4.78 is 13.9. The lowest BCUT2D eigenvalue weighted by molar-refractivity contribution is -0.862. The Labute approximate surface area is 148 Å². The minimum Gasteiger partial charge on any atom is -0.322 e. The fourth-order valence-electron chi connectivity index (χ4n) is 2.15. The number of carbonyl (C=O) groups is 2. The number of quaternary nitrogens is 1. The number of benzene rings is 2. The van der Waals surface area contributed by atoms with Gasteiger partial charge in [-0.25, -0.2) is 4.39 Å². The van der Waals surface area contributed by atoms with Gasteiger partial charge in [-0.15, -0.1) is 0 Å². The number of carbonyl (C=O) groups excluding carboxylic acids is 2. The summed E-state index contributed by atoms with van der Waals surface area (Å²) in [6.07, 6.45) is 0. The predicted octanol–water partition coefficient (Wildman–Crippen LogP) is 1.68. The summed E-state index contributed by atoms with van der Waals surface area (Å²) in [6.45, 7) is 0.242. The van der Waals surface area contributed by atoms with Gasteiger partial charge in [0.2, 0.25) is 0 Å². The SMILES string of the molecule is C[NH+](CC(=O)Nc1cccc(F)c1)CC(=O)Nc1cccc(Br)c1. The largest absolute Gasteiger partial charge is 0.322 e. The number of nitrogens with one attached hydrogen (secondary N) is 3. The van der Waals surface area contributed by atoms with E-state index in [2.05, 4.69) is 26.6 Å². The molecule has 0 aromatic heterocycles. The fraction of sp³-hybridized carbons (Fsp3) is 0.176. The second-order valence-corrected chi connectivity index (χ2v) is 6.34. The minimum atomic E-state index is -0.415. The van der Waals surface area contributed by atoms with E-state index >= 15 is 0 Å². The van der Waals surface area contributed by atoms with Gasteiger partial charge in [-0.05, 0) is 36.4 Å². The molecule has 2 rings (SSSR count). The van der Waals surface area contributed by atoms with Crippen LogP contribution in [0.3, 0.4) is 0 Å². The van der Waals surface area contributed by atoms with Gasteiger partial charge in [0, 0.05) is 15.8 Å². The molecule has 0 spiro atoms. The molecule has 126 valence electrons. The van der Waals surface area contributed by atoms with E-state index in [0.717, 1.165) is 9.37 Å². The summed E-state index contributed by atoms with van der Waals surface area (Å²) in [5.41, 5.74) is 1.08. The van der Waals surface area contributed by atoms with E-state index in [4.69, 9.17) is 0 Å². The van der Waals surface area contributed by atoms with Gasteiger partial charge in [-0.1, -0.05) is 28.1 Å². The molecule has 0 aliphatic rings. The molecule has 7 heteroatoms.